The molecule has 2 amide bonds. The van der Waals surface area contributed by atoms with Crippen molar-refractivity contribution in [3.05, 3.63) is 70.8 Å². The molecule has 1 fully saturated rings. The molecule has 3 rings (SSSR count). The Morgan fingerprint density at radius 3 is 2.03 bits per heavy atom. The van der Waals surface area contributed by atoms with Gasteiger partial charge in [-0.3, -0.25) is 0 Å². The lowest BCUT2D eigenvalue weighted by atomic mass is 9.91. The number of halogens is 6. The summed E-state index contributed by atoms with van der Waals surface area (Å²) in [6.45, 7) is 1.35. The number of alkyl halides is 6. The normalized spacial score (nSPS) is 20.6. The van der Waals surface area contributed by atoms with Crippen molar-refractivity contribution >= 4 is 6.03 Å². The first-order chi connectivity index (χ1) is 13.9. The molecule has 162 valence electrons. The van der Waals surface area contributed by atoms with E-state index >= 15 is 0 Å². The Hall–Kier alpha value is -2.75. The first kappa shape index (κ1) is 21.9. The monoisotopic (exact) mass is 432 g/mol. The lowest BCUT2D eigenvalue weighted by Crippen LogP contribution is -2.45. The number of hydrogen-bond donors (Lipinski definition) is 2. The van der Waals surface area contributed by atoms with Gasteiger partial charge in [0.1, 0.15) is 5.54 Å². The molecule has 0 saturated carbocycles. The van der Waals surface area contributed by atoms with Crippen LogP contribution in [0.3, 0.4) is 0 Å². The molecule has 2 atom stereocenters. The van der Waals surface area contributed by atoms with Crippen LogP contribution in [0.2, 0.25) is 0 Å². The van der Waals surface area contributed by atoms with Crippen LogP contribution in [0, 0.1) is 0 Å². The van der Waals surface area contributed by atoms with Crippen LogP contribution in [0.4, 0.5) is 31.1 Å². The van der Waals surface area contributed by atoms with Crippen molar-refractivity contribution < 1.29 is 35.9 Å². The van der Waals surface area contributed by atoms with Crippen molar-refractivity contribution in [2.45, 2.75) is 30.9 Å². The van der Waals surface area contributed by atoms with E-state index in [4.69, 9.17) is 4.74 Å². The first-order valence-electron chi connectivity index (χ1n) is 8.93. The molecule has 1 unspecified atom stereocenters. The quantitative estimate of drug-likeness (QED) is 0.653. The van der Waals surface area contributed by atoms with Crippen LogP contribution in [-0.2, 0) is 22.6 Å². The molecule has 0 bridgehead atoms. The largest absolute Gasteiger partial charge is 0.416 e. The van der Waals surface area contributed by atoms with E-state index in [1.807, 2.05) is 0 Å². The topological polar surface area (TPSA) is 50.4 Å². The molecule has 10 heteroatoms. The van der Waals surface area contributed by atoms with Gasteiger partial charge >= 0.3 is 18.4 Å². The predicted molar refractivity (Wildman–Crippen MR) is 95.5 cm³/mol. The highest BCUT2D eigenvalue weighted by atomic mass is 19.4. The number of ether oxygens (including phenoxy) is 1. The predicted octanol–water partition coefficient (Wildman–Crippen LogP) is 5.01. The van der Waals surface area contributed by atoms with Gasteiger partial charge in [-0.2, -0.15) is 26.3 Å². The van der Waals surface area contributed by atoms with Gasteiger partial charge in [0, 0.05) is 6.54 Å². The summed E-state index contributed by atoms with van der Waals surface area (Å²) in [5, 5.41) is 5.33. The Morgan fingerprint density at radius 2 is 1.57 bits per heavy atom. The third-order valence-corrected chi connectivity index (χ3v) is 4.89. The Balaban J connectivity index is 1.88. The summed E-state index contributed by atoms with van der Waals surface area (Å²) in [6, 6.07) is 9.64. The Kier molecular flexibility index (Phi) is 5.72. The Bertz CT molecular complexity index is 881. The first-order valence-corrected chi connectivity index (χ1v) is 8.93. The van der Waals surface area contributed by atoms with Crippen LogP contribution in [0.5, 0.6) is 0 Å². The van der Waals surface area contributed by atoms with Crippen molar-refractivity contribution in [1.29, 1.82) is 0 Å². The van der Waals surface area contributed by atoms with Crippen LogP contribution >= 0.6 is 0 Å². The van der Waals surface area contributed by atoms with Gasteiger partial charge < -0.3 is 15.4 Å². The number of hydrogen-bond acceptors (Lipinski definition) is 2. The molecule has 4 nitrogen and oxygen atoms in total. The van der Waals surface area contributed by atoms with E-state index < -0.39 is 41.2 Å². The highest BCUT2D eigenvalue weighted by Crippen LogP contribution is 2.38. The van der Waals surface area contributed by atoms with Gasteiger partial charge in [-0.1, -0.05) is 30.3 Å². The van der Waals surface area contributed by atoms with E-state index in [1.54, 1.807) is 30.3 Å². The fraction of sp³-hybridized carbons (Fsp3) is 0.350. The second-order valence-corrected chi connectivity index (χ2v) is 7.05. The van der Waals surface area contributed by atoms with Gasteiger partial charge in [-0.25, -0.2) is 4.79 Å². The van der Waals surface area contributed by atoms with Crippen molar-refractivity contribution in [3.8, 4) is 0 Å². The molecule has 30 heavy (non-hydrogen) atoms. The van der Waals surface area contributed by atoms with E-state index in [2.05, 4.69) is 10.6 Å². The van der Waals surface area contributed by atoms with Gasteiger partial charge in [0.25, 0.3) is 0 Å². The number of urea groups is 1. The number of benzene rings is 2. The number of amides is 2. The summed E-state index contributed by atoms with van der Waals surface area (Å²) in [4.78, 5) is 11.7. The molecule has 2 aromatic rings. The molecule has 1 aliphatic heterocycles. The molecule has 0 spiro atoms. The summed E-state index contributed by atoms with van der Waals surface area (Å²) in [5.74, 6) is 0. The molecule has 2 aromatic carbocycles. The average molecular weight is 432 g/mol. The highest BCUT2D eigenvalue weighted by molar-refractivity contribution is 5.78. The Morgan fingerprint density at radius 1 is 1.00 bits per heavy atom. The second-order valence-electron chi connectivity index (χ2n) is 7.05. The average Bonchev–Trinajstić information content (AvgIpc) is 3.07. The molecule has 1 heterocycles. The molecule has 1 aliphatic rings. The van der Waals surface area contributed by atoms with E-state index in [0.29, 0.717) is 17.7 Å². The zero-order valence-corrected chi connectivity index (χ0v) is 15.7. The maximum absolute atomic E-state index is 13.1. The van der Waals surface area contributed by atoms with Crippen LogP contribution in [-0.4, -0.2) is 19.2 Å². The third kappa shape index (κ3) is 4.69. The standard InChI is InChI=1S/C20H18F6N2O2/c1-12(13-7-15(19(21,22)23)9-16(8-13)20(24,25)26)30-11-18(10-27-17(29)28-18)14-5-3-2-4-6-14/h2-9,12H,10-11H2,1H3,(H2,27,28,29)/t12-,18?/m0/s1. The van der Waals surface area contributed by atoms with Crippen LogP contribution in [0.1, 0.15) is 35.3 Å². The van der Waals surface area contributed by atoms with Gasteiger partial charge in [-0.05, 0) is 36.2 Å². The minimum absolute atomic E-state index is 0.0722. The van der Waals surface area contributed by atoms with Crippen molar-refractivity contribution in [1.82, 2.24) is 10.6 Å². The lowest BCUT2D eigenvalue weighted by molar-refractivity contribution is -0.143. The molecule has 0 aliphatic carbocycles. The fourth-order valence-electron chi connectivity index (χ4n) is 3.22. The minimum Gasteiger partial charge on any atom is -0.371 e. The summed E-state index contributed by atoms with van der Waals surface area (Å²) in [5.41, 5.74) is -3.39. The SMILES string of the molecule is C[C@H](OCC1(c2ccccc2)CNC(=O)N1)c1cc(C(F)(F)F)cc(C(F)(F)F)c1. The second kappa shape index (κ2) is 7.82. The smallest absolute Gasteiger partial charge is 0.371 e. The fourth-order valence-corrected chi connectivity index (χ4v) is 3.22. The summed E-state index contributed by atoms with van der Waals surface area (Å²) >= 11 is 0. The molecular weight excluding hydrogens is 414 g/mol. The lowest BCUT2D eigenvalue weighted by Gasteiger charge is -2.30. The summed E-state index contributed by atoms with van der Waals surface area (Å²) in [7, 11) is 0. The number of carbonyl (C=O) groups excluding carboxylic acids is 1. The minimum atomic E-state index is -4.94. The zero-order chi connectivity index (χ0) is 22.2. The molecular formula is C20H18F6N2O2. The maximum atomic E-state index is 13.1. The van der Waals surface area contributed by atoms with Crippen molar-refractivity contribution in [2.24, 2.45) is 0 Å². The van der Waals surface area contributed by atoms with Gasteiger partial charge in [-0.15, -0.1) is 0 Å². The molecule has 0 aromatic heterocycles. The van der Waals surface area contributed by atoms with E-state index in [0.717, 1.165) is 0 Å². The Labute approximate surface area is 168 Å². The van der Waals surface area contributed by atoms with E-state index in [-0.39, 0.29) is 24.8 Å². The maximum Gasteiger partial charge on any atom is 0.416 e. The number of nitrogens with one attached hydrogen (secondary N) is 2. The highest BCUT2D eigenvalue weighted by Gasteiger charge is 2.41. The third-order valence-electron chi connectivity index (χ3n) is 4.89. The molecule has 2 N–H and O–H groups in total. The van der Waals surface area contributed by atoms with Crippen LogP contribution in [0.25, 0.3) is 0 Å². The van der Waals surface area contributed by atoms with Crippen LogP contribution in [0.15, 0.2) is 48.5 Å². The summed E-state index contributed by atoms with van der Waals surface area (Å²) in [6.07, 6.45) is -11.0. The van der Waals surface area contributed by atoms with Gasteiger partial charge in [0.05, 0.1) is 23.8 Å². The van der Waals surface area contributed by atoms with Crippen molar-refractivity contribution in [3.63, 3.8) is 0 Å². The van der Waals surface area contributed by atoms with E-state index in [9.17, 15) is 31.1 Å². The van der Waals surface area contributed by atoms with Crippen LogP contribution < -0.4 is 10.6 Å². The van der Waals surface area contributed by atoms with Gasteiger partial charge in [0.2, 0.25) is 0 Å². The number of carbonyl (C=O) groups is 1. The number of rotatable bonds is 5. The van der Waals surface area contributed by atoms with Crippen molar-refractivity contribution in [2.75, 3.05) is 13.2 Å². The molecule has 1 saturated heterocycles. The molecule has 0 radical (unpaired) electrons. The van der Waals surface area contributed by atoms with Gasteiger partial charge in [0.15, 0.2) is 0 Å². The zero-order valence-electron chi connectivity index (χ0n) is 15.7. The van der Waals surface area contributed by atoms with E-state index in [1.165, 1.54) is 6.92 Å². The summed E-state index contributed by atoms with van der Waals surface area (Å²) < 4.78 is 84.2.